The zero-order chi connectivity index (χ0) is 12.1. The topological polar surface area (TPSA) is 44.4 Å². The first kappa shape index (κ1) is 12.8. The molecule has 0 aliphatic carbocycles. The van der Waals surface area contributed by atoms with Crippen molar-refractivity contribution in [2.75, 3.05) is 26.2 Å². The Labute approximate surface area is 104 Å². The summed E-state index contributed by atoms with van der Waals surface area (Å²) >= 11 is 0. The van der Waals surface area contributed by atoms with Gasteiger partial charge in [0.2, 0.25) is 5.91 Å². The van der Waals surface area contributed by atoms with E-state index in [4.69, 9.17) is 0 Å². The molecule has 0 saturated carbocycles. The minimum absolute atomic E-state index is 0.148. The van der Waals surface area contributed by atoms with Gasteiger partial charge in [0.05, 0.1) is 6.54 Å². The highest BCUT2D eigenvalue weighted by Gasteiger charge is 2.36. The van der Waals surface area contributed by atoms with Gasteiger partial charge in [-0.1, -0.05) is 13.3 Å². The second-order valence-corrected chi connectivity index (χ2v) is 5.23. The molecule has 2 rings (SSSR count). The number of carbonyl (C=O) groups excluding carboxylic acids is 1. The summed E-state index contributed by atoms with van der Waals surface area (Å²) in [5.74, 6) is 0.148. The molecule has 0 spiro atoms. The third-order valence-electron chi connectivity index (χ3n) is 3.98. The standard InChI is InChI=1S/C13H25N3O/c1-2-3-7-14-13(17)10-15-11-6-9-16-8-4-5-12(11)16/h11-12,15H,2-10H2,1H3,(H,14,17). The molecule has 2 aliphatic heterocycles. The van der Waals surface area contributed by atoms with Crippen molar-refractivity contribution >= 4 is 5.91 Å². The fourth-order valence-electron chi connectivity index (χ4n) is 3.01. The van der Waals surface area contributed by atoms with Crippen LogP contribution in [0.3, 0.4) is 0 Å². The van der Waals surface area contributed by atoms with Crippen LogP contribution in [0.2, 0.25) is 0 Å². The predicted octanol–water partition coefficient (Wildman–Crippen LogP) is 0.729. The molecule has 2 N–H and O–H groups in total. The van der Waals surface area contributed by atoms with Crippen LogP contribution in [-0.4, -0.2) is 49.1 Å². The van der Waals surface area contributed by atoms with Crippen LogP contribution in [0.5, 0.6) is 0 Å². The molecule has 2 atom stereocenters. The van der Waals surface area contributed by atoms with E-state index in [0.29, 0.717) is 18.6 Å². The summed E-state index contributed by atoms with van der Waals surface area (Å²) in [6.07, 6.45) is 6.03. The van der Waals surface area contributed by atoms with Crippen molar-refractivity contribution < 1.29 is 4.79 Å². The van der Waals surface area contributed by atoms with Gasteiger partial charge in [0.15, 0.2) is 0 Å². The van der Waals surface area contributed by atoms with Gasteiger partial charge in [-0.3, -0.25) is 9.69 Å². The molecule has 0 radical (unpaired) electrons. The van der Waals surface area contributed by atoms with Crippen molar-refractivity contribution in [1.29, 1.82) is 0 Å². The summed E-state index contributed by atoms with van der Waals surface area (Å²) in [6.45, 7) is 5.90. The van der Waals surface area contributed by atoms with Crippen molar-refractivity contribution in [3.63, 3.8) is 0 Å². The highest BCUT2D eigenvalue weighted by Crippen LogP contribution is 2.27. The van der Waals surface area contributed by atoms with Gasteiger partial charge in [0, 0.05) is 25.2 Å². The first-order valence-corrected chi connectivity index (χ1v) is 7.05. The summed E-state index contributed by atoms with van der Waals surface area (Å²) in [5, 5.41) is 6.38. The monoisotopic (exact) mass is 239 g/mol. The summed E-state index contributed by atoms with van der Waals surface area (Å²) in [5.41, 5.74) is 0. The van der Waals surface area contributed by atoms with E-state index in [1.54, 1.807) is 0 Å². The van der Waals surface area contributed by atoms with E-state index in [9.17, 15) is 4.79 Å². The third kappa shape index (κ3) is 3.42. The lowest BCUT2D eigenvalue weighted by molar-refractivity contribution is -0.120. The van der Waals surface area contributed by atoms with Crippen molar-refractivity contribution in [2.24, 2.45) is 0 Å². The lowest BCUT2D eigenvalue weighted by atomic mass is 10.1. The van der Waals surface area contributed by atoms with Crippen molar-refractivity contribution in [1.82, 2.24) is 15.5 Å². The molecule has 2 unspecified atom stereocenters. The fraction of sp³-hybridized carbons (Fsp3) is 0.923. The van der Waals surface area contributed by atoms with E-state index in [-0.39, 0.29) is 5.91 Å². The minimum atomic E-state index is 0.148. The molecule has 2 heterocycles. The lowest BCUT2D eigenvalue weighted by Crippen LogP contribution is -2.44. The summed E-state index contributed by atoms with van der Waals surface area (Å²) in [7, 11) is 0. The third-order valence-corrected chi connectivity index (χ3v) is 3.98. The molecule has 2 fully saturated rings. The number of rotatable bonds is 6. The fourth-order valence-corrected chi connectivity index (χ4v) is 3.01. The molecule has 2 saturated heterocycles. The maximum Gasteiger partial charge on any atom is 0.233 e. The van der Waals surface area contributed by atoms with Crippen LogP contribution in [-0.2, 0) is 4.79 Å². The molecule has 0 bridgehead atoms. The van der Waals surface area contributed by atoms with Crippen LogP contribution >= 0.6 is 0 Å². The average Bonchev–Trinajstić information content (AvgIpc) is 2.89. The maximum absolute atomic E-state index is 11.6. The largest absolute Gasteiger partial charge is 0.355 e. The smallest absolute Gasteiger partial charge is 0.233 e. The normalized spacial score (nSPS) is 28.3. The van der Waals surface area contributed by atoms with Crippen molar-refractivity contribution in [2.45, 2.75) is 51.1 Å². The van der Waals surface area contributed by atoms with E-state index < -0.39 is 0 Å². The van der Waals surface area contributed by atoms with E-state index >= 15 is 0 Å². The summed E-state index contributed by atoms with van der Waals surface area (Å²) < 4.78 is 0. The van der Waals surface area contributed by atoms with Crippen LogP contribution in [0.4, 0.5) is 0 Å². The molecule has 17 heavy (non-hydrogen) atoms. The average molecular weight is 239 g/mol. The highest BCUT2D eigenvalue weighted by molar-refractivity contribution is 5.77. The van der Waals surface area contributed by atoms with Crippen LogP contribution in [0.25, 0.3) is 0 Å². The van der Waals surface area contributed by atoms with Gasteiger partial charge in [0.25, 0.3) is 0 Å². The molecule has 0 aromatic rings. The Balaban J connectivity index is 1.63. The van der Waals surface area contributed by atoms with Gasteiger partial charge >= 0.3 is 0 Å². The van der Waals surface area contributed by atoms with Gasteiger partial charge < -0.3 is 10.6 Å². The van der Waals surface area contributed by atoms with E-state index in [2.05, 4.69) is 22.5 Å². The second kappa shape index (κ2) is 6.36. The molecule has 1 amide bonds. The Kier molecular flexibility index (Phi) is 4.80. The van der Waals surface area contributed by atoms with Gasteiger partial charge in [-0.2, -0.15) is 0 Å². The molecule has 0 aromatic heterocycles. The molecule has 4 nitrogen and oxygen atoms in total. The number of carbonyl (C=O) groups is 1. The molecule has 2 aliphatic rings. The number of nitrogens with zero attached hydrogens (tertiary/aromatic N) is 1. The number of hydrogen-bond acceptors (Lipinski definition) is 3. The number of unbranched alkanes of at least 4 members (excludes halogenated alkanes) is 1. The van der Waals surface area contributed by atoms with Crippen molar-refractivity contribution in [3.8, 4) is 0 Å². The Hall–Kier alpha value is -0.610. The Morgan fingerprint density at radius 3 is 3.06 bits per heavy atom. The molecule has 0 aromatic carbocycles. The summed E-state index contributed by atoms with van der Waals surface area (Å²) in [6, 6.07) is 1.23. The number of nitrogens with one attached hydrogen (secondary N) is 2. The molecule has 4 heteroatoms. The number of amides is 1. The van der Waals surface area contributed by atoms with E-state index in [1.807, 2.05) is 0 Å². The molecular formula is C13H25N3O. The van der Waals surface area contributed by atoms with Crippen LogP contribution in [0.15, 0.2) is 0 Å². The first-order valence-electron chi connectivity index (χ1n) is 7.05. The van der Waals surface area contributed by atoms with E-state index in [1.165, 1.54) is 32.4 Å². The van der Waals surface area contributed by atoms with Crippen LogP contribution in [0, 0.1) is 0 Å². The highest BCUT2D eigenvalue weighted by atomic mass is 16.1. The number of hydrogen-bond donors (Lipinski definition) is 2. The lowest BCUT2D eigenvalue weighted by Gasteiger charge is -2.21. The van der Waals surface area contributed by atoms with Gasteiger partial charge in [0.1, 0.15) is 0 Å². The Morgan fingerprint density at radius 1 is 1.35 bits per heavy atom. The molecule has 98 valence electrons. The van der Waals surface area contributed by atoms with Crippen molar-refractivity contribution in [3.05, 3.63) is 0 Å². The SMILES string of the molecule is CCCCNC(=O)CNC1CCN2CCCC12. The quantitative estimate of drug-likeness (QED) is 0.672. The Morgan fingerprint density at radius 2 is 2.24 bits per heavy atom. The molecular weight excluding hydrogens is 214 g/mol. The second-order valence-electron chi connectivity index (χ2n) is 5.23. The first-order chi connectivity index (χ1) is 8.31. The van der Waals surface area contributed by atoms with E-state index in [0.717, 1.165) is 19.4 Å². The van der Waals surface area contributed by atoms with Crippen LogP contribution in [0.1, 0.15) is 39.0 Å². The van der Waals surface area contributed by atoms with Gasteiger partial charge in [-0.25, -0.2) is 0 Å². The zero-order valence-corrected chi connectivity index (χ0v) is 10.9. The maximum atomic E-state index is 11.6. The zero-order valence-electron chi connectivity index (χ0n) is 10.9. The van der Waals surface area contributed by atoms with Crippen LogP contribution < -0.4 is 10.6 Å². The van der Waals surface area contributed by atoms with Gasteiger partial charge in [-0.05, 0) is 32.2 Å². The predicted molar refractivity (Wildman–Crippen MR) is 68.9 cm³/mol. The van der Waals surface area contributed by atoms with Gasteiger partial charge in [-0.15, -0.1) is 0 Å². The summed E-state index contributed by atoms with van der Waals surface area (Å²) in [4.78, 5) is 14.1. The number of fused-ring (bicyclic) bond motifs is 1. The minimum Gasteiger partial charge on any atom is -0.355 e. The Bertz CT molecular complexity index is 257.